The molecule has 0 amide bonds. The predicted molar refractivity (Wildman–Crippen MR) is 58.2 cm³/mol. The number of hydrogen-bond donors (Lipinski definition) is 1. The molecule has 1 atom stereocenters. The van der Waals surface area contributed by atoms with Crippen molar-refractivity contribution in [3.05, 3.63) is 29.8 Å². The Kier molecular flexibility index (Phi) is 4.87. The van der Waals surface area contributed by atoms with Crippen LogP contribution in [0.1, 0.15) is 18.9 Å². The summed E-state index contributed by atoms with van der Waals surface area (Å²) in [6.45, 7) is -1.19. The summed E-state index contributed by atoms with van der Waals surface area (Å²) in [7, 11) is 0. The zero-order valence-corrected chi connectivity index (χ0v) is 9.40. The van der Waals surface area contributed by atoms with Crippen molar-refractivity contribution in [2.24, 2.45) is 5.92 Å². The third-order valence-corrected chi connectivity index (χ3v) is 2.44. The van der Waals surface area contributed by atoms with Crippen molar-refractivity contribution < 1.29 is 23.4 Å². The highest BCUT2D eigenvalue weighted by Gasteiger charge is 2.10. The molecule has 0 aliphatic rings. The zero-order chi connectivity index (χ0) is 12.8. The molecule has 94 valence electrons. The lowest BCUT2D eigenvalue weighted by Gasteiger charge is -2.07. The van der Waals surface area contributed by atoms with Crippen LogP contribution in [0.25, 0.3) is 0 Å². The highest BCUT2D eigenvalue weighted by Crippen LogP contribution is 2.17. The van der Waals surface area contributed by atoms with Crippen LogP contribution in [0.4, 0.5) is 8.78 Å². The third kappa shape index (κ3) is 4.80. The summed E-state index contributed by atoms with van der Waals surface area (Å²) in [5.74, 6) is -1.13. The van der Waals surface area contributed by atoms with Gasteiger partial charge in [0.05, 0.1) is 5.92 Å². The van der Waals surface area contributed by atoms with Crippen LogP contribution in [-0.4, -0.2) is 17.7 Å². The van der Waals surface area contributed by atoms with E-state index in [0.717, 1.165) is 5.56 Å². The summed E-state index contributed by atoms with van der Waals surface area (Å²) < 4.78 is 28.0. The largest absolute Gasteiger partial charge is 0.481 e. The van der Waals surface area contributed by atoms with Gasteiger partial charge in [-0.3, -0.25) is 4.79 Å². The summed E-state index contributed by atoms with van der Waals surface area (Å²) in [5.41, 5.74) is 0.903. The Morgan fingerprint density at radius 2 is 1.94 bits per heavy atom. The number of alkyl halides is 2. The highest BCUT2D eigenvalue weighted by molar-refractivity contribution is 5.69. The smallest absolute Gasteiger partial charge is 0.387 e. The van der Waals surface area contributed by atoms with Crippen molar-refractivity contribution in [2.75, 3.05) is 0 Å². The lowest BCUT2D eigenvalue weighted by atomic mass is 10.0. The van der Waals surface area contributed by atoms with Gasteiger partial charge < -0.3 is 9.84 Å². The van der Waals surface area contributed by atoms with Crippen molar-refractivity contribution in [3.8, 4) is 5.75 Å². The van der Waals surface area contributed by atoms with Crippen LogP contribution in [0, 0.1) is 5.92 Å². The fourth-order valence-corrected chi connectivity index (χ4v) is 1.34. The number of aliphatic carboxylic acids is 1. The monoisotopic (exact) mass is 244 g/mol. The van der Waals surface area contributed by atoms with Gasteiger partial charge in [-0.2, -0.15) is 8.78 Å². The molecule has 0 heterocycles. The van der Waals surface area contributed by atoms with Crippen LogP contribution >= 0.6 is 0 Å². The SMILES string of the molecule is CC(CCc1ccc(OC(F)F)cc1)C(=O)O. The van der Waals surface area contributed by atoms with Crippen molar-refractivity contribution in [1.82, 2.24) is 0 Å². The van der Waals surface area contributed by atoms with Crippen molar-refractivity contribution >= 4 is 5.97 Å². The Bertz CT molecular complexity index is 363. The van der Waals surface area contributed by atoms with Crippen LogP contribution < -0.4 is 4.74 Å². The van der Waals surface area contributed by atoms with Crippen molar-refractivity contribution in [2.45, 2.75) is 26.4 Å². The molecule has 0 saturated carbocycles. The molecule has 0 radical (unpaired) electrons. The first-order valence-electron chi connectivity index (χ1n) is 5.25. The van der Waals surface area contributed by atoms with E-state index in [2.05, 4.69) is 4.74 Å². The van der Waals surface area contributed by atoms with E-state index in [1.54, 1.807) is 19.1 Å². The molecule has 0 bridgehead atoms. The molecule has 0 saturated heterocycles. The van der Waals surface area contributed by atoms with E-state index < -0.39 is 18.5 Å². The Balaban J connectivity index is 2.48. The lowest BCUT2D eigenvalue weighted by molar-refractivity contribution is -0.141. The quantitative estimate of drug-likeness (QED) is 0.836. The minimum atomic E-state index is -2.83. The van der Waals surface area contributed by atoms with E-state index in [1.165, 1.54) is 12.1 Å². The molecular weight excluding hydrogens is 230 g/mol. The summed E-state index contributed by atoms with van der Waals surface area (Å²) >= 11 is 0. The molecular formula is C12H14F2O3. The first-order valence-corrected chi connectivity index (χ1v) is 5.25. The fraction of sp³-hybridized carbons (Fsp3) is 0.417. The number of halogens is 2. The molecule has 1 N–H and O–H groups in total. The molecule has 1 unspecified atom stereocenters. The maximum Gasteiger partial charge on any atom is 0.387 e. The summed E-state index contributed by atoms with van der Waals surface area (Å²) in [6, 6.07) is 6.22. The first-order chi connectivity index (χ1) is 7.99. The van der Waals surface area contributed by atoms with Gasteiger partial charge >= 0.3 is 12.6 Å². The normalized spacial score (nSPS) is 12.5. The topological polar surface area (TPSA) is 46.5 Å². The Morgan fingerprint density at radius 3 is 2.41 bits per heavy atom. The van der Waals surface area contributed by atoms with Gasteiger partial charge in [0, 0.05) is 0 Å². The minimum absolute atomic E-state index is 0.107. The standard InChI is InChI=1S/C12H14F2O3/c1-8(11(15)16)2-3-9-4-6-10(7-5-9)17-12(13)14/h4-8,12H,2-3H2,1H3,(H,15,16). The molecule has 1 rings (SSSR count). The molecule has 0 fully saturated rings. The van der Waals surface area contributed by atoms with E-state index in [1.807, 2.05) is 0 Å². The highest BCUT2D eigenvalue weighted by atomic mass is 19.3. The van der Waals surface area contributed by atoms with E-state index in [-0.39, 0.29) is 5.75 Å². The number of rotatable bonds is 6. The van der Waals surface area contributed by atoms with E-state index >= 15 is 0 Å². The van der Waals surface area contributed by atoms with Gasteiger partial charge in [0.15, 0.2) is 0 Å². The molecule has 0 aromatic heterocycles. The third-order valence-electron chi connectivity index (χ3n) is 2.44. The number of carboxylic acids is 1. The zero-order valence-electron chi connectivity index (χ0n) is 9.40. The second-order valence-electron chi connectivity index (χ2n) is 3.80. The van der Waals surface area contributed by atoms with Gasteiger partial charge in [-0.15, -0.1) is 0 Å². The van der Waals surface area contributed by atoms with Gasteiger partial charge in [-0.1, -0.05) is 19.1 Å². The molecule has 0 aliphatic heterocycles. The van der Waals surface area contributed by atoms with E-state index in [9.17, 15) is 13.6 Å². The lowest BCUT2D eigenvalue weighted by Crippen LogP contribution is -2.10. The summed E-state index contributed by atoms with van der Waals surface area (Å²) in [6.07, 6.45) is 1.12. The van der Waals surface area contributed by atoms with Crippen LogP contribution in [0.15, 0.2) is 24.3 Å². The Labute approximate surface area is 98.0 Å². The minimum Gasteiger partial charge on any atom is -0.481 e. The van der Waals surface area contributed by atoms with E-state index in [0.29, 0.717) is 12.8 Å². The number of hydrogen-bond acceptors (Lipinski definition) is 2. The average Bonchev–Trinajstić information content (AvgIpc) is 2.26. The van der Waals surface area contributed by atoms with Crippen LogP contribution in [0.5, 0.6) is 5.75 Å². The molecule has 0 aliphatic carbocycles. The van der Waals surface area contributed by atoms with Crippen molar-refractivity contribution in [3.63, 3.8) is 0 Å². The molecule has 17 heavy (non-hydrogen) atoms. The Morgan fingerprint density at radius 1 is 1.35 bits per heavy atom. The second-order valence-corrected chi connectivity index (χ2v) is 3.80. The van der Waals surface area contributed by atoms with Gasteiger partial charge in [-0.25, -0.2) is 0 Å². The summed E-state index contributed by atoms with van der Waals surface area (Å²) in [5, 5.41) is 8.70. The number of ether oxygens (including phenoxy) is 1. The van der Waals surface area contributed by atoms with Crippen LogP contribution in [0.2, 0.25) is 0 Å². The van der Waals surface area contributed by atoms with Gasteiger partial charge in [-0.05, 0) is 30.5 Å². The average molecular weight is 244 g/mol. The predicted octanol–water partition coefficient (Wildman–Crippen LogP) is 2.94. The van der Waals surface area contributed by atoms with Crippen molar-refractivity contribution in [1.29, 1.82) is 0 Å². The molecule has 1 aromatic carbocycles. The van der Waals surface area contributed by atoms with Gasteiger partial charge in [0.1, 0.15) is 5.75 Å². The number of benzene rings is 1. The molecule has 1 aromatic rings. The fourth-order valence-electron chi connectivity index (χ4n) is 1.34. The first kappa shape index (κ1) is 13.4. The second kappa shape index (κ2) is 6.18. The number of aryl methyl sites for hydroxylation is 1. The maximum atomic E-state index is 11.9. The number of carboxylic acid groups (broad SMARTS) is 1. The summed E-state index contributed by atoms with van der Waals surface area (Å²) in [4.78, 5) is 10.6. The maximum absolute atomic E-state index is 11.9. The molecule has 0 spiro atoms. The van der Waals surface area contributed by atoms with E-state index in [4.69, 9.17) is 5.11 Å². The number of carbonyl (C=O) groups is 1. The van der Waals surface area contributed by atoms with Gasteiger partial charge in [0.25, 0.3) is 0 Å². The molecule has 5 heteroatoms. The van der Waals surface area contributed by atoms with Gasteiger partial charge in [0.2, 0.25) is 0 Å². The Hall–Kier alpha value is -1.65. The molecule has 3 nitrogen and oxygen atoms in total. The van der Waals surface area contributed by atoms with Crippen LogP contribution in [-0.2, 0) is 11.2 Å². The van der Waals surface area contributed by atoms with Crippen LogP contribution in [0.3, 0.4) is 0 Å².